The Kier molecular flexibility index (Phi) is 3.50. The van der Waals surface area contributed by atoms with E-state index in [1.54, 1.807) is 20.3 Å². The lowest BCUT2D eigenvalue weighted by Gasteiger charge is -2.28. The standard InChI is InChI=1S/C13H18ClNO2/c1-16-10-6-5-9(14)12(17-2)11(10)13(15)7-3-4-8-13/h5-6H,3-4,7-8,15H2,1-2H3. The third-order valence-electron chi connectivity index (χ3n) is 3.49. The van der Waals surface area contributed by atoms with Crippen molar-refractivity contribution in [2.45, 2.75) is 31.2 Å². The van der Waals surface area contributed by atoms with Crippen molar-refractivity contribution in [3.05, 3.63) is 22.7 Å². The van der Waals surface area contributed by atoms with Gasteiger partial charge >= 0.3 is 0 Å². The Bertz CT molecular complexity index is 414. The summed E-state index contributed by atoms with van der Waals surface area (Å²) in [5.74, 6) is 1.41. The first-order valence-corrected chi connectivity index (χ1v) is 6.20. The number of ether oxygens (including phenoxy) is 2. The van der Waals surface area contributed by atoms with Gasteiger partial charge in [-0.1, -0.05) is 24.4 Å². The molecule has 0 heterocycles. The Hall–Kier alpha value is -0.930. The highest BCUT2D eigenvalue weighted by atomic mass is 35.5. The molecule has 0 aromatic heterocycles. The van der Waals surface area contributed by atoms with E-state index in [2.05, 4.69) is 0 Å². The van der Waals surface area contributed by atoms with Crippen LogP contribution in [0.5, 0.6) is 11.5 Å². The van der Waals surface area contributed by atoms with Crippen molar-refractivity contribution in [2.75, 3.05) is 14.2 Å². The molecule has 1 saturated carbocycles. The molecule has 0 spiro atoms. The Morgan fingerprint density at radius 2 is 1.82 bits per heavy atom. The van der Waals surface area contributed by atoms with Crippen molar-refractivity contribution in [3.8, 4) is 11.5 Å². The molecule has 0 aliphatic heterocycles. The van der Waals surface area contributed by atoms with Crippen molar-refractivity contribution in [3.63, 3.8) is 0 Å². The fourth-order valence-corrected chi connectivity index (χ4v) is 2.87. The van der Waals surface area contributed by atoms with Crippen LogP contribution in [-0.2, 0) is 5.54 Å². The van der Waals surface area contributed by atoms with Crippen LogP contribution in [-0.4, -0.2) is 14.2 Å². The highest BCUT2D eigenvalue weighted by molar-refractivity contribution is 6.32. The van der Waals surface area contributed by atoms with Gasteiger partial charge in [-0.3, -0.25) is 0 Å². The second kappa shape index (κ2) is 4.75. The number of rotatable bonds is 3. The molecule has 4 heteroatoms. The molecular formula is C13H18ClNO2. The number of methoxy groups -OCH3 is 2. The summed E-state index contributed by atoms with van der Waals surface area (Å²) in [4.78, 5) is 0. The molecule has 94 valence electrons. The first-order chi connectivity index (χ1) is 8.12. The average molecular weight is 256 g/mol. The van der Waals surface area contributed by atoms with Crippen molar-refractivity contribution in [1.82, 2.24) is 0 Å². The van der Waals surface area contributed by atoms with E-state index in [0.717, 1.165) is 37.0 Å². The van der Waals surface area contributed by atoms with Gasteiger partial charge < -0.3 is 15.2 Å². The second-order valence-corrected chi connectivity index (χ2v) is 4.93. The van der Waals surface area contributed by atoms with Gasteiger partial charge in [0.1, 0.15) is 11.5 Å². The molecule has 0 unspecified atom stereocenters. The molecule has 2 N–H and O–H groups in total. The number of benzene rings is 1. The van der Waals surface area contributed by atoms with Crippen LogP contribution in [0.15, 0.2) is 12.1 Å². The van der Waals surface area contributed by atoms with E-state index in [-0.39, 0.29) is 5.54 Å². The zero-order chi connectivity index (χ0) is 12.5. The molecule has 0 bridgehead atoms. The normalized spacial score (nSPS) is 18.1. The van der Waals surface area contributed by atoms with Crippen LogP contribution in [0.25, 0.3) is 0 Å². The van der Waals surface area contributed by atoms with Gasteiger partial charge in [-0.05, 0) is 25.0 Å². The first-order valence-electron chi connectivity index (χ1n) is 5.82. The van der Waals surface area contributed by atoms with Gasteiger partial charge in [-0.2, -0.15) is 0 Å². The second-order valence-electron chi connectivity index (χ2n) is 4.52. The molecule has 0 amide bonds. The van der Waals surface area contributed by atoms with E-state index in [0.29, 0.717) is 10.8 Å². The predicted molar refractivity (Wildman–Crippen MR) is 68.9 cm³/mol. The number of hydrogen-bond donors (Lipinski definition) is 1. The van der Waals surface area contributed by atoms with Crippen LogP contribution in [0.3, 0.4) is 0 Å². The van der Waals surface area contributed by atoms with E-state index in [9.17, 15) is 0 Å². The summed E-state index contributed by atoms with van der Waals surface area (Å²) in [6.07, 6.45) is 4.16. The van der Waals surface area contributed by atoms with Gasteiger partial charge in [0, 0.05) is 5.54 Å². The molecular weight excluding hydrogens is 238 g/mol. The minimum absolute atomic E-state index is 0.373. The van der Waals surface area contributed by atoms with E-state index >= 15 is 0 Å². The van der Waals surface area contributed by atoms with Crippen LogP contribution in [0.4, 0.5) is 0 Å². The van der Waals surface area contributed by atoms with Crippen molar-refractivity contribution >= 4 is 11.6 Å². The van der Waals surface area contributed by atoms with E-state index in [1.807, 2.05) is 6.07 Å². The smallest absolute Gasteiger partial charge is 0.146 e. The zero-order valence-electron chi connectivity index (χ0n) is 10.3. The van der Waals surface area contributed by atoms with Gasteiger partial charge in [-0.15, -0.1) is 0 Å². The lowest BCUT2D eigenvalue weighted by atomic mass is 9.88. The number of hydrogen-bond acceptors (Lipinski definition) is 3. The highest BCUT2D eigenvalue weighted by Crippen LogP contribution is 2.47. The molecule has 1 aromatic rings. The Morgan fingerprint density at radius 3 is 2.35 bits per heavy atom. The molecule has 0 atom stereocenters. The zero-order valence-corrected chi connectivity index (χ0v) is 11.0. The molecule has 17 heavy (non-hydrogen) atoms. The number of halogens is 1. The Morgan fingerprint density at radius 1 is 1.18 bits per heavy atom. The van der Waals surface area contributed by atoms with E-state index in [1.165, 1.54) is 0 Å². The maximum atomic E-state index is 6.48. The maximum Gasteiger partial charge on any atom is 0.146 e. The van der Waals surface area contributed by atoms with Crippen LogP contribution in [0.2, 0.25) is 5.02 Å². The first kappa shape index (κ1) is 12.5. The maximum absolute atomic E-state index is 6.48. The van der Waals surface area contributed by atoms with Crippen LogP contribution in [0, 0.1) is 0 Å². The lowest BCUT2D eigenvalue weighted by molar-refractivity contribution is 0.348. The monoisotopic (exact) mass is 255 g/mol. The summed E-state index contributed by atoms with van der Waals surface area (Å²) in [7, 11) is 3.26. The fourth-order valence-electron chi connectivity index (χ4n) is 2.64. The predicted octanol–water partition coefficient (Wildman–Crippen LogP) is 3.09. The van der Waals surface area contributed by atoms with Gasteiger partial charge in [0.15, 0.2) is 0 Å². The summed E-state index contributed by atoms with van der Waals surface area (Å²) < 4.78 is 10.8. The third-order valence-corrected chi connectivity index (χ3v) is 3.79. The summed E-state index contributed by atoms with van der Waals surface area (Å²) in [5.41, 5.74) is 7.02. The molecule has 1 aliphatic carbocycles. The van der Waals surface area contributed by atoms with E-state index in [4.69, 9.17) is 26.8 Å². The minimum atomic E-state index is -0.373. The fraction of sp³-hybridized carbons (Fsp3) is 0.538. The SMILES string of the molecule is COc1ccc(Cl)c(OC)c1C1(N)CCCC1. The summed E-state index contributed by atoms with van der Waals surface area (Å²) in [6.45, 7) is 0. The van der Waals surface area contributed by atoms with Crippen molar-refractivity contribution in [1.29, 1.82) is 0 Å². The van der Waals surface area contributed by atoms with E-state index < -0.39 is 0 Å². The molecule has 2 rings (SSSR count). The van der Waals surface area contributed by atoms with Crippen LogP contribution >= 0.6 is 11.6 Å². The van der Waals surface area contributed by atoms with Gasteiger partial charge in [0.2, 0.25) is 0 Å². The quantitative estimate of drug-likeness (QED) is 0.903. The van der Waals surface area contributed by atoms with Gasteiger partial charge in [-0.25, -0.2) is 0 Å². The third kappa shape index (κ3) is 2.09. The van der Waals surface area contributed by atoms with Crippen molar-refractivity contribution < 1.29 is 9.47 Å². The highest BCUT2D eigenvalue weighted by Gasteiger charge is 2.37. The molecule has 0 radical (unpaired) electrons. The minimum Gasteiger partial charge on any atom is -0.496 e. The van der Waals surface area contributed by atoms with Gasteiger partial charge in [0.05, 0.1) is 24.8 Å². The largest absolute Gasteiger partial charge is 0.496 e. The van der Waals surface area contributed by atoms with Gasteiger partial charge in [0.25, 0.3) is 0 Å². The van der Waals surface area contributed by atoms with Crippen LogP contribution < -0.4 is 15.2 Å². The molecule has 1 aromatic carbocycles. The summed E-state index contributed by atoms with van der Waals surface area (Å²) in [6, 6.07) is 3.63. The topological polar surface area (TPSA) is 44.5 Å². The Balaban J connectivity index is 2.59. The lowest BCUT2D eigenvalue weighted by Crippen LogP contribution is -2.34. The Labute approximate surface area is 107 Å². The molecule has 0 saturated heterocycles. The average Bonchev–Trinajstić information content (AvgIpc) is 2.76. The summed E-state index contributed by atoms with van der Waals surface area (Å²) in [5, 5.41) is 0.583. The van der Waals surface area contributed by atoms with Crippen LogP contribution in [0.1, 0.15) is 31.2 Å². The molecule has 1 aliphatic rings. The molecule has 3 nitrogen and oxygen atoms in total. The molecule has 1 fully saturated rings. The number of nitrogens with two attached hydrogens (primary N) is 1. The summed E-state index contributed by atoms with van der Waals surface area (Å²) >= 11 is 6.16. The van der Waals surface area contributed by atoms with Crippen molar-refractivity contribution in [2.24, 2.45) is 5.73 Å².